The molecular weight excluding hydrogens is 260 g/mol. The average molecular weight is 275 g/mol. The molecule has 0 saturated heterocycles. The largest absolute Gasteiger partial charge is 0.431 e. The van der Waals surface area contributed by atoms with Gasteiger partial charge in [-0.2, -0.15) is 5.06 Å². The van der Waals surface area contributed by atoms with Crippen molar-refractivity contribution in [2.45, 2.75) is 6.92 Å². The zero-order chi connectivity index (χ0) is 15.0. The minimum atomic E-state index is -0.727. The van der Waals surface area contributed by atoms with Crippen LogP contribution in [0.1, 0.15) is 22.8 Å². The quantitative estimate of drug-likeness (QED) is 0.668. The zero-order valence-electron chi connectivity index (χ0n) is 11.3. The third-order valence-electron chi connectivity index (χ3n) is 2.43. The summed E-state index contributed by atoms with van der Waals surface area (Å²) < 4.78 is 0. The van der Waals surface area contributed by atoms with Crippen LogP contribution in [-0.4, -0.2) is 36.9 Å². The number of nitrogens with one attached hydrogen (secondary N) is 1. The van der Waals surface area contributed by atoms with Gasteiger partial charge in [0.05, 0.1) is 6.54 Å². The predicted octanol–water partition coefficient (Wildman–Crippen LogP) is 1.54. The Morgan fingerprint density at radius 3 is 2.70 bits per heavy atom. The van der Waals surface area contributed by atoms with Gasteiger partial charge >= 0.3 is 6.09 Å². The third-order valence-corrected chi connectivity index (χ3v) is 2.43. The van der Waals surface area contributed by atoms with Gasteiger partial charge in [0.2, 0.25) is 6.29 Å². The van der Waals surface area contributed by atoms with Crippen molar-refractivity contribution in [3.63, 3.8) is 0 Å². The van der Waals surface area contributed by atoms with Crippen molar-refractivity contribution in [2.75, 3.05) is 13.6 Å². The van der Waals surface area contributed by atoms with E-state index in [1.165, 1.54) is 19.2 Å². The van der Waals surface area contributed by atoms with Crippen molar-refractivity contribution in [3.05, 3.63) is 41.5 Å². The topological polar surface area (TPSA) is 75.7 Å². The van der Waals surface area contributed by atoms with Gasteiger partial charge in [0, 0.05) is 12.6 Å². The van der Waals surface area contributed by atoms with Gasteiger partial charge in [-0.05, 0) is 24.6 Å². The van der Waals surface area contributed by atoms with Crippen LogP contribution in [0.25, 0.3) is 6.08 Å². The monoisotopic (exact) mass is 275 g/mol. The summed E-state index contributed by atoms with van der Waals surface area (Å²) in [6.07, 6.45) is 3.52. The average Bonchev–Trinajstić information content (AvgIpc) is 2.49. The third kappa shape index (κ3) is 3.94. The Labute approximate surface area is 117 Å². The second-order valence-corrected chi connectivity index (χ2v) is 3.67. The number of benzene rings is 1. The Bertz CT molecular complexity index is 526. The van der Waals surface area contributed by atoms with E-state index in [4.69, 9.17) is 4.84 Å². The fourth-order valence-electron chi connectivity index (χ4n) is 1.49. The van der Waals surface area contributed by atoms with Crippen molar-refractivity contribution in [1.82, 2.24) is 10.4 Å². The summed E-state index contributed by atoms with van der Waals surface area (Å²) in [7, 11) is 1.40. The van der Waals surface area contributed by atoms with E-state index >= 15 is 0 Å². The lowest BCUT2D eigenvalue weighted by Gasteiger charge is -2.19. The van der Waals surface area contributed by atoms with E-state index in [0.717, 1.165) is 5.06 Å². The molecular formula is C14H15N2O4. The van der Waals surface area contributed by atoms with Gasteiger partial charge in [0.25, 0.3) is 5.91 Å². The van der Waals surface area contributed by atoms with Crippen LogP contribution in [0.2, 0.25) is 0 Å². The number of allylic oxidation sites excluding steroid dienone is 1. The molecule has 0 aliphatic carbocycles. The Kier molecular flexibility index (Phi) is 5.96. The lowest BCUT2D eigenvalue weighted by atomic mass is 10.1. The first-order chi connectivity index (χ1) is 9.63. The number of carbonyl (C=O) groups is 2. The van der Waals surface area contributed by atoms with Crippen LogP contribution in [0, 0.1) is 0 Å². The van der Waals surface area contributed by atoms with Crippen molar-refractivity contribution < 1.29 is 19.2 Å². The molecule has 6 nitrogen and oxygen atoms in total. The number of hydrogen-bond donors (Lipinski definition) is 1. The van der Waals surface area contributed by atoms with Gasteiger partial charge in [0.15, 0.2) is 0 Å². The SMILES string of the molecule is CCN(OC(=O)NC)C(=O)c1ccccc1/C=C/[C]=O. The molecule has 0 unspecified atom stereocenters. The standard InChI is InChI=1S/C14H15N2O4/c1-3-16(20-14(19)15-2)13(18)12-9-5-4-7-11(12)8-6-10-17/h4-9H,3H2,1-2H3,(H,15,19)/b8-6+. The van der Waals surface area contributed by atoms with Gasteiger partial charge in [-0.1, -0.05) is 24.3 Å². The molecule has 2 amide bonds. The molecule has 0 spiro atoms. The second-order valence-electron chi connectivity index (χ2n) is 3.67. The molecule has 1 aromatic rings. The summed E-state index contributed by atoms with van der Waals surface area (Å²) in [5.41, 5.74) is 0.865. The van der Waals surface area contributed by atoms with Crippen LogP contribution in [-0.2, 0) is 9.63 Å². The molecule has 0 saturated carbocycles. The van der Waals surface area contributed by atoms with Crippen LogP contribution in [0.3, 0.4) is 0 Å². The van der Waals surface area contributed by atoms with Crippen molar-refractivity contribution in [1.29, 1.82) is 0 Å². The highest BCUT2D eigenvalue weighted by Crippen LogP contribution is 2.14. The molecule has 0 heterocycles. The minimum absolute atomic E-state index is 0.199. The molecule has 1 rings (SSSR count). The number of amides is 2. The van der Waals surface area contributed by atoms with Crippen molar-refractivity contribution in [3.8, 4) is 0 Å². The maximum atomic E-state index is 12.3. The van der Waals surface area contributed by atoms with E-state index in [-0.39, 0.29) is 6.54 Å². The van der Waals surface area contributed by atoms with Crippen LogP contribution < -0.4 is 5.32 Å². The van der Waals surface area contributed by atoms with Crippen LogP contribution in [0.5, 0.6) is 0 Å². The molecule has 1 aromatic carbocycles. The summed E-state index contributed by atoms with van der Waals surface area (Å²) in [6.45, 7) is 1.88. The first-order valence-corrected chi connectivity index (χ1v) is 5.98. The highest BCUT2D eigenvalue weighted by atomic mass is 16.7. The van der Waals surface area contributed by atoms with Crippen molar-refractivity contribution in [2.24, 2.45) is 0 Å². The summed E-state index contributed by atoms with van der Waals surface area (Å²) in [5, 5.41) is 3.21. The number of rotatable bonds is 4. The molecule has 105 valence electrons. The first-order valence-electron chi connectivity index (χ1n) is 5.98. The predicted molar refractivity (Wildman–Crippen MR) is 73.4 cm³/mol. The molecule has 1 radical (unpaired) electrons. The maximum Gasteiger partial charge on any atom is 0.431 e. The van der Waals surface area contributed by atoms with E-state index < -0.39 is 12.0 Å². The van der Waals surface area contributed by atoms with Crippen molar-refractivity contribution >= 4 is 24.4 Å². The molecule has 0 fully saturated rings. The Hall–Kier alpha value is -2.63. The Morgan fingerprint density at radius 1 is 1.40 bits per heavy atom. The van der Waals surface area contributed by atoms with Crippen LogP contribution in [0.4, 0.5) is 4.79 Å². The maximum absolute atomic E-state index is 12.3. The molecule has 1 N–H and O–H groups in total. The van der Waals surface area contributed by atoms with E-state index in [0.29, 0.717) is 11.1 Å². The molecule has 0 aromatic heterocycles. The lowest BCUT2D eigenvalue weighted by Crippen LogP contribution is -2.36. The second kappa shape index (κ2) is 7.73. The highest BCUT2D eigenvalue weighted by Gasteiger charge is 2.20. The summed E-state index contributed by atoms with van der Waals surface area (Å²) in [6, 6.07) is 6.68. The van der Waals surface area contributed by atoms with E-state index in [1.54, 1.807) is 37.5 Å². The van der Waals surface area contributed by atoms with Gasteiger partial charge in [-0.15, -0.1) is 0 Å². The fraction of sp³-hybridized carbons (Fsp3) is 0.214. The number of nitrogens with zero attached hydrogens (tertiary/aromatic N) is 1. The van der Waals surface area contributed by atoms with E-state index in [2.05, 4.69) is 5.32 Å². The fourth-order valence-corrected chi connectivity index (χ4v) is 1.49. The molecule has 20 heavy (non-hydrogen) atoms. The van der Waals surface area contributed by atoms with E-state index in [9.17, 15) is 14.4 Å². The first kappa shape index (κ1) is 15.4. The lowest BCUT2D eigenvalue weighted by molar-refractivity contribution is -0.0655. The smallest absolute Gasteiger partial charge is 0.323 e. The zero-order valence-corrected chi connectivity index (χ0v) is 11.3. The van der Waals surface area contributed by atoms with Gasteiger partial charge in [-0.3, -0.25) is 9.59 Å². The highest BCUT2D eigenvalue weighted by molar-refractivity contribution is 5.98. The van der Waals surface area contributed by atoms with Gasteiger partial charge < -0.3 is 10.2 Å². The minimum Gasteiger partial charge on any atom is -0.323 e. The van der Waals surface area contributed by atoms with Gasteiger partial charge in [0.1, 0.15) is 0 Å². The Balaban J connectivity index is 3.03. The molecule has 0 aliphatic heterocycles. The van der Waals surface area contributed by atoms with Crippen LogP contribution >= 0.6 is 0 Å². The summed E-state index contributed by atoms with van der Waals surface area (Å²) >= 11 is 0. The summed E-state index contributed by atoms with van der Waals surface area (Å²) in [4.78, 5) is 38.6. The molecule has 0 atom stereocenters. The number of carbonyl (C=O) groups excluding carboxylic acids is 3. The molecule has 0 aliphatic rings. The number of hydrogen-bond acceptors (Lipinski definition) is 4. The summed E-state index contributed by atoms with van der Waals surface area (Å²) in [5.74, 6) is -0.470. The molecule has 0 bridgehead atoms. The number of hydroxylamine groups is 2. The normalized spacial score (nSPS) is 10.1. The van der Waals surface area contributed by atoms with E-state index in [1.807, 2.05) is 0 Å². The van der Waals surface area contributed by atoms with Crippen LogP contribution in [0.15, 0.2) is 30.3 Å². The van der Waals surface area contributed by atoms with Gasteiger partial charge in [-0.25, -0.2) is 4.79 Å². The molecule has 6 heteroatoms. The Morgan fingerprint density at radius 2 is 2.10 bits per heavy atom.